The maximum absolute atomic E-state index is 12.6. The summed E-state index contributed by atoms with van der Waals surface area (Å²) in [7, 11) is 4.30. The zero-order valence-corrected chi connectivity index (χ0v) is 27.4. The number of hydrogen-bond donors (Lipinski definition) is 6. The van der Waals surface area contributed by atoms with E-state index in [9.17, 15) is 35.4 Å². The second-order valence-electron chi connectivity index (χ2n) is 12.2. The Bertz CT molecular complexity index is 1580. The molecule has 15 nitrogen and oxygen atoms in total. The SMILES string of the molecule is COc1ccc(CC(=O)OC[C@H]2O[C@@H](O[C@@H]3O[C@H](c4ccc(O)c(OC)c4)[C@@H]4[C@H]3[C@@H](c3ccc(O)c(OC)c3)O[C@H]4O)[C@H](O)[C@@H](O)[C@@H]2O)cc1. The van der Waals surface area contributed by atoms with Crippen LogP contribution in [0.1, 0.15) is 28.9 Å². The van der Waals surface area contributed by atoms with Crippen LogP contribution in [0, 0.1) is 11.8 Å². The largest absolute Gasteiger partial charge is 0.504 e. The molecule has 0 aliphatic carbocycles. The molecule has 11 atom stereocenters. The van der Waals surface area contributed by atoms with Crippen LogP contribution in [0.2, 0.25) is 0 Å². The number of rotatable bonds is 11. The first-order valence-electron chi connectivity index (χ1n) is 15.9. The van der Waals surface area contributed by atoms with E-state index in [2.05, 4.69) is 0 Å². The van der Waals surface area contributed by atoms with Crippen molar-refractivity contribution in [1.29, 1.82) is 0 Å². The molecule has 3 aliphatic heterocycles. The number of carbonyl (C=O) groups is 1. The second-order valence-corrected chi connectivity index (χ2v) is 12.2. The van der Waals surface area contributed by atoms with Gasteiger partial charge in [-0.15, -0.1) is 0 Å². The van der Waals surface area contributed by atoms with Gasteiger partial charge in [0.25, 0.3) is 0 Å². The van der Waals surface area contributed by atoms with Gasteiger partial charge in [-0.05, 0) is 53.1 Å². The zero-order chi connectivity index (χ0) is 35.7. The van der Waals surface area contributed by atoms with Gasteiger partial charge in [-0.1, -0.05) is 24.3 Å². The maximum Gasteiger partial charge on any atom is 0.310 e. The first kappa shape index (κ1) is 35.6. The van der Waals surface area contributed by atoms with Crippen LogP contribution in [0.5, 0.6) is 28.7 Å². The number of aliphatic hydroxyl groups excluding tert-OH is 4. The van der Waals surface area contributed by atoms with E-state index in [0.29, 0.717) is 22.4 Å². The molecule has 50 heavy (non-hydrogen) atoms. The van der Waals surface area contributed by atoms with Crippen LogP contribution in [0.15, 0.2) is 60.7 Å². The van der Waals surface area contributed by atoms with Crippen molar-refractivity contribution in [2.75, 3.05) is 27.9 Å². The highest BCUT2D eigenvalue weighted by atomic mass is 16.8. The number of ether oxygens (including phenoxy) is 8. The highest BCUT2D eigenvalue weighted by molar-refractivity contribution is 5.72. The number of aromatic hydroxyl groups is 2. The summed E-state index contributed by atoms with van der Waals surface area (Å²) < 4.78 is 45.5. The number of fused-ring (bicyclic) bond motifs is 1. The summed E-state index contributed by atoms with van der Waals surface area (Å²) in [6.45, 7) is -0.467. The summed E-state index contributed by atoms with van der Waals surface area (Å²) in [5.74, 6) is -1.45. The topological polar surface area (TPSA) is 212 Å². The number of phenols is 2. The zero-order valence-electron chi connectivity index (χ0n) is 27.4. The normalized spacial score (nSPS) is 31.9. The summed E-state index contributed by atoms with van der Waals surface area (Å²) in [5, 5.41) is 64.1. The third-order valence-corrected chi connectivity index (χ3v) is 9.27. The monoisotopic (exact) mass is 700 g/mol. The van der Waals surface area contributed by atoms with E-state index >= 15 is 0 Å². The van der Waals surface area contributed by atoms with E-state index in [1.807, 2.05) is 0 Å². The molecular formula is C35H40O15. The molecule has 0 aromatic heterocycles. The molecule has 3 aromatic carbocycles. The van der Waals surface area contributed by atoms with Gasteiger partial charge >= 0.3 is 5.97 Å². The summed E-state index contributed by atoms with van der Waals surface area (Å²) >= 11 is 0. The van der Waals surface area contributed by atoms with Crippen LogP contribution in [0.25, 0.3) is 0 Å². The van der Waals surface area contributed by atoms with Gasteiger partial charge in [-0.2, -0.15) is 0 Å². The van der Waals surface area contributed by atoms with Crippen molar-refractivity contribution < 1.29 is 73.3 Å². The summed E-state index contributed by atoms with van der Waals surface area (Å²) in [5.41, 5.74) is 1.68. The molecule has 0 unspecified atom stereocenters. The lowest BCUT2D eigenvalue weighted by Gasteiger charge is -2.41. The summed E-state index contributed by atoms with van der Waals surface area (Å²) in [6.07, 6.45) is -12.5. The van der Waals surface area contributed by atoms with Gasteiger partial charge in [0.1, 0.15) is 36.8 Å². The molecule has 6 N–H and O–H groups in total. The minimum atomic E-state index is -1.76. The number of methoxy groups -OCH3 is 3. The molecule has 15 heteroatoms. The lowest BCUT2D eigenvalue weighted by molar-refractivity contribution is -0.342. The van der Waals surface area contributed by atoms with E-state index in [1.54, 1.807) is 48.5 Å². The van der Waals surface area contributed by atoms with Gasteiger partial charge in [0, 0.05) is 0 Å². The first-order valence-corrected chi connectivity index (χ1v) is 15.9. The van der Waals surface area contributed by atoms with Gasteiger partial charge < -0.3 is 68.5 Å². The molecule has 3 aromatic rings. The minimum absolute atomic E-state index is 0.0773. The van der Waals surface area contributed by atoms with Crippen LogP contribution in [-0.4, -0.2) is 108 Å². The molecule has 3 aliphatic rings. The van der Waals surface area contributed by atoms with Crippen LogP contribution in [0.4, 0.5) is 0 Å². The van der Waals surface area contributed by atoms with Crippen molar-refractivity contribution in [3.8, 4) is 28.7 Å². The Hall–Kier alpha value is -4.19. The van der Waals surface area contributed by atoms with Crippen molar-refractivity contribution in [2.24, 2.45) is 11.8 Å². The Labute approximate surface area is 287 Å². The first-order chi connectivity index (χ1) is 24.0. The highest BCUT2D eigenvalue weighted by Gasteiger charge is 2.60. The van der Waals surface area contributed by atoms with Crippen molar-refractivity contribution in [3.05, 3.63) is 77.4 Å². The van der Waals surface area contributed by atoms with Crippen molar-refractivity contribution in [1.82, 2.24) is 0 Å². The Kier molecular flexibility index (Phi) is 10.7. The smallest absolute Gasteiger partial charge is 0.310 e. The molecular weight excluding hydrogens is 660 g/mol. The average Bonchev–Trinajstić information content (AvgIpc) is 3.66. The second kappa shape index (κ2) is 15.0. The predicted molar refractivity (Wildman–Crippen MR) is 169 cm³/mol. The van der Waals surface area contributed by atoms with Gasteiger partial charge in [0.2, 0.25) is 0 Å². The molecule has 3 fully saturated rings. The van der Waals surface area contributed by atoms with Gasteiger partial charge in [-0.25, -0.2) is 0 Å². The quantitative estimate of drug-likeness (QED) is 0.156. The fourth-order valence-corrected chi connectivity index (χ4v) is 6.63. The third kappa shape index (κ3) is 7.04. The van der Waals surface area contributed by atoms with E-state index in [0.717, 1.165) is 0 Å². The molecule has 0 spiro atoms. The highest BCUT2D eigenvalue weighted by Crippen LogP contribution is 2.57. The van der Waals surface area contributed by atoms with Crippen LogP contribution in [0.3, 0.4) is 0 Å². The Balaban J connectivity index is 1.23. The lowest BCUT2D eigenvalue weighted by Crippen LogP contribution is -2.60. The van der Waals surface area contributed by atoms with Crippen molar-refractivity contribution in [3.63, 3.8) is 0 Å². The van der Waals surface area contributed by atoms with E-state index < -0.39 is 79.9 Å². The average molecular weight is 701 g/mol. The maximum atomic E-state index is 12.6. The fourth-order valence-electron chi connectivity index (χ4n) is 6.63. The molecule has 6 rings (SSSR count). The Morgan fingerprint density at radius 1 is 0.680 bits per heavy atom. The van der Waals surface area contributed by atoms with E-state index in [4.69, 9.17) is 37.9 Å². The van der Waals surface area contributed by atoms with E-state index in [-0.39, 0.29) is 29.4 Å². The number of carbonyl (C=O) groups excluding carboxylic acids is 1. The minimum Gasteiger partial charge on any atom is -0.504 e. The molecule has 0 amide bonds. The summed E-state index contributed by atoms with van der Waals surface area (Å²) in [6, 6.07) is 15.9. The molecule has 3 saturated heterocycles. The molecule has 270 valence electrons. The number of phenolic OH excluding ortho intramolecular Hbond substituents is 2. The molecule has 0 saturated carbocycles. The van der Waals surface area contributed by atoms with Gasteiger partial charge in [-0.3, -0.25) is 4.79 Å². The Morgan fingerprint density at radius 2 is 1.28 bits per heavy atom. The van der Waals surface area contributed by atoms with E-state index in [1.165, 1.54) is 33.5 Å². The fraction of sp³-hybridized carbons (Fsp3) is 0.457. The third-order valence-electron chi connectivity index (χ3n) is 9.27. The standard InChI is InChI=1S/C35H40O15/c1-43-19-8-4-16(5-9-19)12-25(38)46-15-24-28(39)29(40)30(41)35(47-24)50-34-27-26(31(49-34)17-6-10-20(36)22(13-17)44-2)33(42)48-32(27)18-7-11-21(37)23(14-18)45-3/h4-11,13-14,24,26-37,39-42H,12,15H2,1-3H3/t24-,26+,27+,28-,29+,30-,31-,32-,33-,34+,35+/m1/s1. The number of aliphatic hydroxyl groups is 4. The van der Waals surface area contributed by atoms with Crippen molar-refractivity contribution in [2.45, 2.75) is 61.9 Å². The van der Waals surface area contributed by atoms with Crippen molar-refractivity contribution >= 4 is 5.97 Å². The van der Waals surface area contributed by atoms with Gasteiger partial charge in [0.05, 0.1) is 51.8 Å². The number of hydrogen-bond acceptors (Lipinski definition) is 15. The van der Waals surface area contributed by atoms with Crippen LogP contribution >= 0.6 is 0 Å². The van der Waals surface area contributed by atoms with Crippen LogP contribution < -0.4 is 14.2 Å². The Morgan fingerprint density at radius 3 is 1.86 bits per heavy atom. The molecule has 0 bridgehead atoms. The molecule has 3 heterocycles. The summed E-state index contributed by atoms with van der Waals surface area (Å²) in [4.78, 5) is 12.6. The lowest BCUT2D eigenvalue weighted by atomic mass is 9.83. The predicted octanol–water partition coefficient (Wildman–Crippen LogP) is 1.45. The molecule has 0 radical (unpaired) electrons. The number of esters is 1. The van der Waals surface area contributed by atoms with Gasteiger partial charge in [0.15, 0.2) is 41.9 Å². The number of benzene rings is 3. The van der Waals surface area contributed by atoms with Crippen LogP contribution in [-0.2, 0) is 34.9 Å².